The molecule has 2 aliphatic rings. The molecule has 2 aliphatic heterocycles. The second-order valence-electron chi connectivity index (χ2n) is 11.6. The topological polar surface area (TPSA) is 100.0 Å². The normalized spacial score (nSPS) is 18.8. The van der Waals surface area contributed by atoms with Gasteiger partial charge in [0.15, 0.2) is 5.65 Å². The zero-order valence-corrected chi connectivity index (χ0v) is 25.1. The van der Waals surface area contributed by atoms with Gasteiger partial charge in [-0.1, -0.05) is 24.3 Å². The van der Waals surface area contributed by atoms with Crippen LogP contribution in [0.5, 0.6) is 5.75 Å². The highest BCUT2D eigenvalue weighted by Crippen LogP contribution is 2.41. The summed E-state index contributed by atoms with van der Waals surface area (Å²) in [5, 5.41) is 0.512. The van der Waals surface area contributed by atoms with E-state index in [4.69, 9.17) is 14.2 Å². The molecule has 0 radical (unpaired) electrons. The second kappa shape index (κ2) is 10.8. The molecule has 0 spiro atoms. The minimum Gasteiger partial charge on any atom is -0.496 e. The molecule has 4 aromatic rings. The third kappa shape index (κ3) is 5.27. The molecule has 11 heteroatoms. The number of rotatable bonds is 5. The van der Waals surface area contributed by atoms with Crippen molar-refractivity contribution in [2.24, 2.45) is 0 Å². The van der Waals surface area contributed by atoms with E-state index in [1.165, 1.54) is 47.6 Å². The van der Waals surface area contributed by atoms with Gasteiger partial charge in [0.05, 0.1) is 43.0 Å². The van der Waals surface area contributed by atoms with Crippen LogP contribution in [0.3, 0.4) is 0 Å². The number of carbonyl (C=O) groups excluding carboxylic acids is 1. The molecule has 0 aliphatic carbocycles. The molecule has 0 saturated carbocycles. The molecule has 0 N–H and O–H groups in total. The van der Waals surface area contributed by atoms with Crippen LogP contribution in [0.1, 0.15) is 32.9 Å². The van der Waals surface area contributed by atoms with Gasteiger partial charge in [-0.25, -0.2) is 26.6 Å². The number of morpholine rings is 1. The molecule has 6 rings (SSSR count). The number of amides is 1. The van der Waals surface area contributed by atoms with Crippen molar-refractivity contribution in [3.63, 3.8) is 0 Å². The summed E-state index contributed by atoms with van der Waals surface area (Å²) in [6, 6.07) is 15.0. The van der Waals surface area contributed by atoms with Crippen LogP contribution in [0.15, 0.2) is 77.8 Å². The van der Waals surface area contributed by atoms with Crippen molar-refractivity contribution in [3.05, 3.63) is 84.4 Å². The highest BCUT2D eigenvalue weighted by atomic mass is 32.2. The Labute approximate surface area is 249 Å². The Bertz CT molecular complexity index is 1850. The van der Waals surface area contributed by atoms with E-state index in [2.05, 4.69) is 4.98 Å². The number of hydrogen-bond acceptors (Lipinski definition) is 7. The molecule has 2 bridgehead atoms. The van der Waals surface area contributed by atoms with E-state index in [1.54, 1.807) is 35.2 Å². The third-order valence-electron chi connectivity index (χ3n) is 7.53. The van der Waals surface area contributed by atoms with Gasteiger partial charge < -0.3 is 14.2 Å². The highest BCUT2D eigenvalue weighted by molar-refractivity contribution is 7.90. The van der Waals surface area contributed by atoms with Crippen molar-refractivity contribution < 1.29 is 31.8 Å². The van der Waals surface area contributed by atoms with Crippen molar-refractivity contribution in [2.75, 3.05) is 20.3 Å². The number of fused-ring (bicyclic) bond motifs is 3. The Morgan fingerprint density at radius 3 is 2.51 bits per heavy atom. The zero-order chi connectivity index (χ0) is 30.5. The zero-order valence-electron chi connectivity index (χ0n) is 24.3. The largest absolute Gasteiger partial charge is 0.496 e. The average Bonchev–Trinajstić information content (AvgIpc) is 3.37. The third-order valence-corrected chi connectivity index (χ3v) is 9.24. The SMILES string of the molecule is COc1ccc(F)cc1-c1ccnc2c1cc(C1=CC3COCC(C1)N3C(=O)OC(C)(C)C)n2S(=O)(=O)c1ccccc1. The first kappa shape index (κ1) is 28.9. The number of nitrogens with zero attached hydrogens (tertiary/aromatic N) is 3. The van der Waals surface area contributed by atoms with E-state index in [9.17, 15) is 17.6 Å². The summed E-state index contributed by atoms with van der Waals surface area (Å²) in [4.78, 5) is 19.5. The van der Waals surface area contributed by atoms with Gasteiger partial charge in [0.2, 0.25) is 0 Å². The predicted molar refractivity (Wildman–Crippen MR) is 160 cm³/mol. The van der Waals surface area contributed by atoms with Crippen molar-refractivity contribution in [1.29, 1.82) is 0 Å². The maximum Gasteiger partial charge on any atom is 0.411 e. The van der Waals surface area contributed by atoms with E-state index < -0.39 is 33.6 Å². The molecule has 2 unspecified atom stereocenters. The van der Waals surface area contributed by atoms with Crippen molar-refractivity contribution in [2.45, 2.75) is 49.8 Å². The van der Waals surface area contributed by atoms with Crippen LogP contribution in [0.2, 0.25) is 0 Å². The lowest BCUT2D eigenvalue weighted by atomic mass is 9.92. The lowest BCUT2D eigenvalue weighted by Gasteiger charge is -2.44. The van der Waals surface area contributed by atoms with Crippen LogP contribution in [-0.2, 0) is 19.5 Å². The van der Waals surface area contributed by atoms with Crippen LogP contribution in [0, 0.1) is 5.82 Å². The fourth-order valence-electron chi connectivity index (χ4n) is 5.75. The van der Waals surface area contributed by atoms with Crippen molar-refractivity contribution in [1.82, 2.24) is 13.9 Å². The standard InChI is InChI=1S/C32H32FN3O6S/c1-32(2,3)42-31(37)35-22-14-20(15-23(35)19-41-18-22)28-17-27-25(26-16-21(33)10-11-29(26)40-4)12-13-34-30(27)36(28)43(38,39)24-8-6-5-7-9-24/h5-14,16-17,22-23H,15,18-19H2,1-4H3. The fourth-order valence-corrected chi connectivity index (χ4v) is 7.26. The van der Waals surface area contributed by atoms with E-state index in [0.717, 1.165) is 5.57 Å². The minimum absolute atomic E-state index is 0.0969. The Balaban J connectivity index is 1.57. The summed E-state index contributed by atoms with van der Waals surface area (Å²) in [7, 11) is -2.64. The van der Waals surface area contributed by atoms with Crippen molar-refractivity contribution in [3.8, 4) is 16.9 Å². The summed E-state index contributed by atoms with van der Waals surface area (Å²) in [6.45, 7) is 5.96. The van der Waals surface area contributed by atoms with Crippen LogP contribution in [0.25, 0.3) is 27.7 Å². The number of hydrogen-bond donors (Lipinski definition) is 0. The molecule has 4 heterocycles. The predicted octanol–water partition coefficient (Wildman–Crippen LogP) is 5.88. The first-order valence-electron chi connectivity index (χ1n) is 13.9. The Morgan fingerprint density at radius 2 is 1.81 bits per heavy atom. The number of benzene rings is 2. The fraction of sp³-hybridized carbons (Fsp3) is 0.312. The maximum absolute atomic E-state index is 14.5. The van der Waals surface area contributed by atoms with Crippen LogP contribution in [-0.4, -0.2) is 66.4 Å². The minimum atomic E-state index is -4.13. The summed E-state index contributed by atoms with van der Waals surface area (Å²) in [5.41, 5.74) is 1.70. The number of carbonyl (C=O) groups is 1. The lowest BCUT2D eigenvalue weighted by molar-refractivity contribution is -0.0511. The van der Waals surface area contributed by atoms with Gasteiger partial charge >= 0.3 is 6.09 Å². The smallest absolute Gasteiger partial charge is 0.411 e. The lowest BCUT2D eigenvalue weighted by Crippen LogP contribution is -2.57. The molecule has 9 nitrogen and oxygen atoms in total. The first-order valence-corrected chi connectivity index (χ1v) is 15.4. The number of ether oxygens (including phenoxy) is 3. The van der Waals surface area contributed by atoms with Crippen LogP contribution in [0.4, 0.5) is 9.18 Å². The van der Waals surface area contributed by atoms with Gasteiger partial charge in [-0.2, -0.15) is 0 Å². The number of pyridine rings is 1. The highest BCUT2D eigenvalue weighted by Gasteiger charge is 2.41. The summed E-state index contributed by atoms with van der Waals surface area (Å²) in [5.74, 6) is -0.0203. The molecule has 43 heavy (non-hydrogen) atoms. The first-order chi connectivity index (χ1) is 20.5. The van der Waals surface area contributed by atoms with Crippen LogP contribution >= 0.6 is 0 Å². The van der Waals surface area contributed by atoms with Gasteiger partial charge in [-0.05, 0) is 80.8 Å². The van der Waals surface area contributed by atoms with Gasteiger partial charge in [-0.3, -0.25) is 4.90 Å². The second-order valence-corrected chi connectivity index (χ2v) is 13.4. The molecule has 2 aromatic carbocycles. The Kier molecular flexibility index (Phi) is 7.26. The summed E-state index contributed by atoms with van der Waals surface area (Å²) < 4.78 is 61.3. The molecule has 224 valence electrons. The molecule has 1 saturated heterocycles. The Hall–Kier alpha value is -4.22. The quantitative estimate of drug-likeness (QED) is 0.280. The molecule has 1 amide bonds. The van der Waals surface area contributed by atoms with E-state index in [-0.39, 0.29) is 29.8 Å². The monoisotopic (exact) mass is 605 g/mol. The van der Waals surface area contributed by atoms with Crippen LogP contribution < -0.4 is 4.74 Å². The van der Waals surface area contributed by atoms with Gasteiger partial charge in [-0.15, -0.1) is 0 Å². The average molecular weight is 606 g/mol. The van der Waals surface area contributed by atoms with Crippen molar-refractivity contribution >= 4 is 32.7 Å². The van der Waals surface area contributed by atoms with E-state index in [0.29, 0.717) is 34.4 Å². The number of aromatic nitrogens is 2. The number of halogens is 1. The summed E-state index contributed by atoms with van der Waals surface area (Å²) in [6.07, 6.45) is 3.26. The molecule has 2 atom stereocenters. The molecular weight excluding hydrogens is 573 g/mol. The van der Waals surface area contributed by atoms with Gasteiger partial charge in [0.1, 0.15) is 17.2 Å². The van der Waals surface area contributed by atoms with Gasteiger partial charge in [0.25, 0.3) is 10.0 Å². The Morgan fingerprint density at radius 1 is 1.05 bits per heavy atom. The maximum atomic E-state index is 14.5. The molecular formula is C32H32FN3O6S. The summed E-state index contributed by atoms with van der Waals surface area (Å²) >= 11 is 0. The molecule has 2 aromatic heterocycles. The molecule has 1 fully saturated rings. The van der Waals surface area contributed by atoms with E-state index >= 15 is 0 Å². The van der Waals surface area contributed by atoms with E-state index in [1.807, 2.05) is 26.8 Å². The van der Waals surface area contributed by atoms with Gasteiger partial charge in [0, 0.05) is 17.1 Å². The number of methoxy groups -OCH3 is 1.